The highest BCUT2D eigenvalue weighted by atomic mass is 35.5. The van der Waals surface area contributed by atoms with Gasteiger partial charge in [0, 0.05) is 76.2 Å². The lowest BCUT2D eigenvalue weighted by Crippen LogP contribution is -2.59. The quantitative estimate of drug-likeness (QED) is 0.457. The number of urea groups is 1. The highest BCUT2D eigenvalue weighted by Gasteiger charge is 2.44. The van der Waals surface area contributed by atoms with E-state index in [-0.39, 0.29) is 24.5 Å². The SMILES string of the molecule is CN1CCN(C2CCN(C(=O)C(Cc3ccc(Cl)c(Cl)c3)[C@H]3CC(N4Cc5ccccc5NC4=O)CCN3C(=O)O)CC2)CC1. The summed E-state index contributed by atoms with van der Waals surface area (Å²) in [7, 11) is 2.15. The first-order valence-electron chi connectivity index (χ1n) is 16.0. The van der Waals surface area contributed by atoms with Crippen LogP contribution in [0.4, 0.5) is 15.3 Å². The molecule has 0 bridgehead atoms. The van der Waals surface area contributed by atoms with Gasteiger partial charge < -0.3 is 30.0 Å². The van der Waals surface area contributed by atoms with Crippen molar-refractivity contribution in [1.29, 1.82) is 0 Å². The van der Waals surface area contributed by atoms with E-state index in [0.717, 1.165) is 55.8 Å². The van der Waals surface area contributed by atoms with E-state index in [4.69, 9.17) is 23.2 Å². The third kappa shape index (κ3) is 7.04. The number of fused-ring (bicyclic) bond motifs is 1. The molecule has 2 unspecified atom stereocenters. The van der Waals surface area contributed by atoms with Gasteiger partial charge in [-0.15, -0.1) is 0 Å². The second kappa shape index (κ2) is 13.7. The van der Waals surface area contributed by atoms with Crippen LogP contribution in [0.1, 0.15) is 36.8 Å². The van der Waals surface area contributed by atoms with Crippen LogP contribution < -0.4 is 5.32 Å². The Morgan fingerprint density at radius 1 is 0.933 bits per heavy atom. The number of carbonyl (C=O) groups excluding carboxylic acids is 2. The zero-order valence-electron chi connectivity index (χ0n) is 25.7. The molecular formula is C33H42Cl2N6O4. The number of likely N-dealkylation sites (tertiary alicyclic amines) is 2. The molecule has 12 heteroatoms. The fourth-order valence-corrected chi connectivity index (χ4v) is 7.90. The molecule has 10 nitrogen and oxygen atoms in total. The van der Waals surface area contributed by atoms with E-state index in [1.165, 1.54) is 4.90 Å². The molecule has 2 N–H and O–H groups in total. The van der Waals surface area contributed by atoms with Gasteiger partial charge in [0.15, 0.2) is 0 Å². The molecular weight excluding hydrogens is 615 g/mol. The molecule has 45 heavy (non-hydrogen) atoms. The Morgan fingerprint density at radius 3 is 2.36 bits per heavy atom. The zero-order valence-corrected chi connectivity index (χ0v) is 27.2. The summed E-state index contributed by atoms with van der Waals surface area (Å²) in [5.74, 6) is -0.676. The Morgan fingerprint density at radius 2 is 1.64 bits per heavy atom. The van der Waals surface area contributed by atoms with Crippen LogP contribution in [0, 0.1) is 5.92 Å². The minimum absolute atomic E-state index is 0.0387. The summed E-state index contributed by atoms with van der Waals surface area (Å²) in [6.45, 7) is 6.16. The van der Waals surface area contributed by atoms with E-state index < -0.39 is 18.1 Å². The lowest BCUT2D eigenvalue weighted by atomic mass is 9.82. The Bertz CT molecular complexity index is 1410. The molecule has 3 atom stereocenters. The van der Waals surface area contributed by atoms with Gasteiger partial charge in [-0.25, -0.2) is 9.59 Å². The lowest BCUT2D eigenvalue weighted by molar-refractivity contribution is -0.140. The van der Waals surface area contributed by atoms with Crippen molar-refractivity contribution in [2.75, 3.05) is 58.2 Å². The summed E-state index contributed by atoms with van der Waals surface area (Å²) in [5.41, 5.74) is 2.64. The fourth-order valence-electron chi connectivity index (χ4n) is 7.58. The van der Waals surface area contributed by atoms with Gasteiger partial charge in [-0.2, -0.15) is 0 Å². The Hall–Kier alpha value is -3.05. The standard InChI is InChI=1S/C33H42Cl2N6O4/c1-37-14-16-38(17-15-37)24-8-11-39(12-9-24)31(42)26(18-22-6-7-27(34)28(35)19-22)30-20-25(10-13-40(30)33(44)45)41-21-23-4-2-3-5-29(23)36-32(41)43/h2-7,19,24-26,30H,8-18,20-21H2,1H3,(H,36,43)(H,44,45)/t25?,26?,30-/m1/s1. The summed E-state index contributed by atoms with van der Waals surface area (Å²) in [6, 6.07) is 12.5. The normalized spacial score (nSPS) is 24.2. The third-order valence-electron chi connectivity index (χ3n) is 10.2. The van der Waals surface area contributed by atoms with Gasteiger partial charge >= 0.3 is 12.1 Å². The first kappa shape index (κ1) is 31.9. The number of amides is 4. The Labute approximate surface area is 274 Å². The average Bonchev–Trinajstić information content (AvgIpc) is 3.05. The van der Waals surface area contributed by atoms with Crippen molar-refractivity contribution < 1.29 is 19.5 Å². The van der Waals surface area contributed by atoms with Crippen molar-refractivity contribution >= 4 is 46.9 Å². The van der Waals surface area contributed by atoms with Gasteiger partial charge in [-0.3, -0.25) is 9.69 Å². The maximum atomic E-state index is 14.5. The summed E-state index contributed by atoms with van der Waals surface area (Å²) >= 11 is 12.6. The molecule has 6 rings (SSSR count). The first-order valence-corrected chi connectivity index (χ1v) is 16.7. The van der Waals surface area contributed by atoms with Crippen LogP contribution in [0.15, 0.2) is 42.5 Å². The van der Waals surface area contributed by atoms with E-state index >= 15 is 0 Å². The van der Waals surface area contributed by atoms with E-state index in [1.807, 2.05) is 35.2 Å². The number of benzene rings is 2. The number of hydrogen-bond donors (Lipinski definition) is 2. The van der Waals surface area contributed by atoms with Crippen LogP contribution in [0.5, 0.6) is 0 Å². The van der Waals surface area contributed by atoms with Crippen molar-refractivity contribution in [2.24, 2.45) is 5.92 Å². The number of piperidine rings is 2. The van der Waals surface area contributed by atoms with Crippen LogP contribution in [0.3, 0.4) is 0 Å². The maximum absolute atomic E-state index is 14.5. The zero-order chi connectivity index (χ0) is 31.7. The van der Waals surface area contributed by atoms with Crippen molar-refractivity contribution in [1.82, 2.24) is 24.5 Å². The van der Waals surface area contributed by atoms with Crippen molar-refractivity contribution in [2.45, 2.75) is 56.8 Å². The monoisotopic (exact) mass is 656 g/mol. The number of likely N-dealkylation sites (N-methyl/N-ethyl adjacent to an activating group) is 1. The molecule has 4 aliphatic rings. The van der Waals surface area contributed by atoms with Crippen molar-refractivity contribution in [3.63, 3.8) is 0 Å². The molecule has 242 valence electrons. The summed E-state index contributed by atoms with van der Waals surface area (Å²) in [5, 5.41) is 14.1. The second-order valence-electron chi connectivity index (χ2n) is 12.9. The largest absolute Gasteiger partial charge is 0.465 e. The number of carboxylic acid groups (broad SMARTS) is 1. The highest BCUT2D eigenvalue weighted by molar-refractivity contribution is 6.42. The number of hydrogen-bond acceptors (Lipinski definition) is 5. The molecule has 4 aliphatic heterocycles. The second-order valence-corrected chi connectivity index (χ2v) is 13.7. The minimum atomic E-state index is -1.05. The number of nitrogens with zero attached hydrogens (tertiary/aromatic N) is 5. The molecule has 2 aromatic rings. The number of para-hydroxylation sites is 1. The van der Waals surface area contributed by atoms with Crippen LogP contribution in [-0.2, 0) is 17.8 Å². The van der Waals surface area contributed by atoms with Crippen LogP contribution >= 0.6 is 23.2 Å². The van der Waals surface area contributed by atoms with Crippen molar-refractivity contribution in [3.8, 4) is 0 Å². The molecule has 0 spiro atoms. The molecule has 4 amide bonds. The first-order chi connectivity index (χ1) is 21.7. The minimum Gasteiger partial charge on any atom is -0.465 e. The third-order valence-corrected chi connectivity index (χ3v) is 11.0. The molecule has 0 radical (unpaired) electrons. The number of nitrogens with one attached hydrogen (secondary N) is 1. The predicted molar refractivity (Wildman–Crippen MR) is 175 cm³/mol. The highest BCUT2D eigenvalue weighted by Crippen LogP contribution is 2.35. The Balaban J connectivity index is 1.24. The van der Waals surface area contributed by atoms with Gasteiger partial charge in [-0.05, 0) is 68.5 Å². The number of piperazine rings is 1. The molecule has 0 aliphatic carbocycles. The van der Waals surface area contributed by atoms with Crippen LogP contribution in [-0.4, -0.2) is 119 Å². The van der Waals surface area contributed by atoms with Gasteiger partial charge in [0.1, 0.15) is 0 Å². The van der Waals surface area contributed by atoms with Crippen molar-refractivity contribution in [3.05, 3.63) is 63.6 Å². The molecule has 3 saturated heterocycles. The van der Waals surface area contributed by atoms with E-state index in [2.05, 4.69) is 22.2 Å². The number of anilines is 1. The lowest BCUT2D eigenvalue weighted by Gasteiger charge is -2.47. The number of halogens is 2. The van der Waals surface area contributed by atoms with Gasteiger partial charge in [-0.1, -0.05) is 47.5 Å². The molecule has 0 saturated carbocycles. The predicted octanol–water partition coefficient (Wildman–Crippen LogP) is 4.95. The van der Waals surface area contributed by atoms with E-state index in [9.17, 15) is 19.5 Å². The molecule has 2 aromatic carbocycles. The summed E-state index contributed by atoms with van der Waals surface area (Å²) in [6.07, 6.45) is 1.95. The van der Waals surface area contributed by atoms with E-state index in [1.54, 1.807) is 17.0 Å². The fraction of sp³-hybridized carbons (Fsp3) is 0.545. The summed E-state index contributed by atoms with van der Waals surface area (Å²) < 4.78 is 0. The Kier molecular flexibility index (Phi) is 9.75. The number of carbonyl (C=O) groups is 3. The van der Waals surface area contributed by atoms with Crippen LogP contribution in [0.2, 0.25) is 10.0 Å². The van der Waals surface area contributed by atoms with E-state index in [0.29, 0.717) is 55.0 Å². The van der Waals surface area contributed by atoms with Gasteiger partial charge in [0.25, 0.3) is 0 Å². The van der Waals surface area contributed by atoms with Crippen LogP contribution in [0.25, 0.3) is 0 Å². The van der Waals surface area contributed by atoms with Gasteiger partial charge in [0.05, 0.1) is 16.0 Å². The number of rotatable bonds is 6. The smallest absolute Gasteiger partial charge is 0.407 e. The van der Waals surface area contributed by atoms with Gasteiger partial charge in [0.2, 0.25) is 5.91 Å². The topological polar surface area (TPSA) is 99.7 Å². The summed E-state index contributed by atoms with van der Waals surface area (Å²) in [4.78, 5) is 50.4. The average molecular weight is 658 g/mol. The molecule has 3 fully saturated rings. The molecule has 0 aromatic heterocycles. The maximum Gasteiger partial charge on any atom is 0.407 e. The molecule has 4 heterocycles.